The van der Waals surface area contributed by atoms with E-state index in [0.717, 1.165) is 5.39 Å². The number of nitrogens with one attached hydrogen (secondary N) is 1. The van der Waals surface area contributed by atoms with Crippen LogP contribution in [0.25, 0.3) is 39.0 Å². The maximum Gasteiger partial charge on any atom is 0.339 e. The van der Waals surface area contributed by atoms with Crippen LogP contribution in [-0.2, 0) is 16.6 Å². The van der Waals surface area contributed by atoms with Crippen LogP contribution in [0.15, 0.2) is 100 Å². The molecule has 0 spiro atoms. The highest BCUT2D eigenvalue weighted by molar-refractivity contribution is 6.11. The zero-order valence-corrected chi connectivity index (χ0v) is 23.3. The number of ether oxygens (including phenoxy) is 1. The molecule has 0 fully saturated rings. The van der Waals surface area contributed by atoms with Crippen LogP contribution in [0.5, 0.6) is 0 Å². The van der Waals surface area contributed by atoms with Crippen molar-refractivity contribution in [3.05, 3.63) is 113 Å². The lowest BCUT2D eigenvalue weighted by atomic mass is 9.99. The van der Waals surface area contributed by atoms with Gasteiger partial charge in [0.2, 0.25) is 5.89 Å². The van der Waals surface area contributed by atoms with Gasteiger partial charge in [-0.3, -0.25) is 14.3 Å². The van der Waals surface area contributed by atoms with E-state index in [0.29, 0.717) is 39.3 Å². The smallest absolute Gasteiger partial charge is 0.339 e. The van der Waals surface area contributed by atoms with Crippen molar-refractivity contribution in [3.63, 3.8) is 0 Å². The van der Waals surface area contributed by atoms with E-state index in [1.165, 1.54) is 4.68 Å². The molecule has 1 atom stereocenters. The van der Waals surface area contributed by atoms with Gasteiger partial charge >= 0.3 is 5.97 Å². The lowest BCUT2D eigenvalue weighted by molar-refractivity contribution is -0.124. The SMILES string of the molecule is CCC(OC(=O)c1cccc2cccc(-c3nc4ccccc4o3)c12)C(=O)Nc1c(C)n(C)n(-c2ccccc2)c1=O. The molecule has 1 amide bonds. The number of carbonyl (C=O) groups excluding carboxylic acids is 2. The van der Waals surface area contributed by atoms with Crippen molar-refractivity contribution in [1.29, 1.82) is 0 Å². The van der Waals surface area contributed by atoms with Crippen LogP contribution in [0.3, 0.4) is 0 Å². The first-order valence-electron chi connectivity index (χ1n) is 13.6. The number of anilines is 1. The van der Waals surface area contributed by atoms with E-state index in [-0.39, 0.29) is 23.2 Å². The molecule has 1 N–H and O–H groups in total. The quantitative estimate of drug-likeness (QED) is 0.239. The average Bonchev–Trinajstić information content (AvgIpc) is 3.54. The third-order valence-corrected chi connectivity index (χ3v) is 7.36. The Kier molecular flexibility index (Phi) is 6.92. The van der Waals surface area contributed by atoms with Gasteiger partial charge in [0.15, 0.2) is 11.7 Å². The molecule has 0 aliphatic rings. The molecule has 1 unspecified atom stereocenters. The van der Waals surface area contributed by atoms with Gasteiger partial charge in [0.25, 0.3) is 11.5 Å². The molecule has 0 saturated carbocycles. The summed E-state index contributed by atoms with van der Waals surface area (Å²) in [6, 6.07) is 27.5. The van der Waals surface area contributed by atoms with Gasteiger partial charge in [-0.1, -0.05) is 61.5 Å². The molecule has 0 aliphatic carbocycles. The summed E-state index contributed by atoms with van der Waals surface area (Å²) in [6.07, 6.45) is -0.924. The highest BCUT2D eigenvalue weighted by Gasteiger charge is 2.27. The second kappa shape index (κ2) is 10.9. The molecule has 4 aromatic carbocycles. The summed E-state index contributed by atoms with van der Waals surface area (Å²) in [5.74, 6) is -0.880. The molecule has 0 aliphatic heterocycles. The summed E-state index contributed by atoms with van der Waals surface area (Å²) >= 11 is 0. The molecule has 6 rings (SSSR count). The zero-order valence-electron chi connectivity index (χ0n) is 23.3. The molecule has 0 radical (unpaired) electrons. The minimum absolute atomic E-state index is 0.129. The predicted molar refractivity (Wildman–Crippen MR) is 161 cm³/mol. The summed E-state index contributed by atoms with van der Waals surface area (Å²) in [4.78, 5) is 44.9. The largest absolute Gasteiger partial charge is 0.449 e. The normalized spacial score (nSPS) is 12.0. The Morgan fingerprint density at radius 2 is 1.67 bits per heavy atom. The van der Waals surface area contributed by atoms with Gasteiger partial charge in [-0.2, -0.15) is 0 Å². The summed E-state index contributed by atoms with van der Waals surface area (Å²) in [7, 11) is 1.74. The minimum atomic E-state index is -1.13. The first-order valence-corrected chi connectivity index (χ1v) is 13.6. The number of benzene rings is 4. The van der Waals surface area contributed by atoms with Crippen LogP contribution >= 0.6 is 0 Å². The summed E-state index contributed by atoms with van der Waals surface area (Å²) in [5, 5.41) is 4.11. The summed E-state index contributed by atoms with van der Waals surface area (Å²) in [5.41, 5.74) is 3.23. The maximum atomic E-state index is 13.6. The number of oxazole rings is 1. The number of hydrogen-bond acceptors (Lipinski definition) is 6. The Hall–Kier alpha value is -5.44. The molecular formula is C33H28N4O5. The molecule has 2 aromatic heterocycles. The Labute approximate surface area is 240 Å². The number of aromatic nitrogens is 3. The Balaban J connectivity index is 1.30. The molecule has 2 heterocycles. The fourth-order valence-electron chi connectivity index (χ4n) is 5.11. The standard InChI is InChI=1S/C33H28N4O5/c1-4-26(30(38)35-29-20(2)36(3)37(32(29)39)22-14-6-5-7-15-22)42-33(40)24-17-11-13-21-12-10-16-23(28(21)24)31-34-25-18-8-9-19-27(25)41-31/h5-19,26H,4H2,1-3H3,(H,35,38). The second-order valence-electron chi connectivity index (χ2n) is 9.92. The van der Waals surface area contributed by atoms with Crippen molar-refractivity contribution in [2.24, 2.45) is 7.05 Å². The first kappa shape index (κ1) is 26.8. The second-order valence-corrected chi connectivity index (χ2v) is 9.92. The van der Waals surface area contributed by atoms with Crippen molar-refractivity contribution in [2.75, 3.05) is 5.32 Å². The lowest BCUT2D eigenvalue weighted by Gasteiger charge is -2.17. The monoisotopic (exact) mass is 560 g/mol. The average molecular weight is 561 g/mol. The van der Waals surface area contributed by atoms with Crippen LogP contribution in [0.1, 0.15) is 29.4 Å². The molecule has 9 heteroatoms. The van der Waals surface area contributed by atoms with Crippen molar-refractivity contribution in [1.82, 2.24) is 14.3 Å². The van der Waals surface area contributed by atoms with Gasteiger partial charge < -0.3 is 14.5 Å². The summed E-state index contributed by atoms with van der Waals surface area (Å²) in [6.45, 7) is 3.48. The number of carbonyl (C=O) groups is 2. The number of fused-ring (bicyclic) bond motifs is 2. The third kappa shape index (κ3) is 4.64. The number of rotatable bonds is 7. The topological polar surface area (TPSA) is 108 Å². The lowest BCUT2D eigenvalue weighted by Crippen LogP contribution is -2.34. The highest BCUT2D eigenvalue weighted by atomic mass is 16.5. The number of amides is 1. The minimum Gasteiger partial charge on any atom is -0.449 e. The maximum absolute atomic E-state index is 13.6. The molecule has 9 nitrogen and oxygen atoms in total. The fraction of sp³-hybridized carbons (Fsp3) is 0.152. The van der Waals surface area contributed by atoms with E-state index in [2.05, 4.69) is 10.3 Å². The van der Waals surface area contributed by atoms with Gasteiger partial charge in [0, 0.05) is 18.0 Å². The Morgan fingerprint density at radius 3 is 2.40 bits per heavy atom. The molecule has 0 saturated heterocycles. The van der Waals surface area contributed by atoms with Crippen molar-refractivity contribution >= 4 is 39.4 Å². The van der Waals surface area contributed by atoms with E-state index < -0.39 is 18.0 Å². The van der Waals surface area contributed by atoms with Crippen LogP contribution in [0.2, 0.25) is 0 Å². The number of esters is 1. The number of para-hydroxylation sites is 3. The van der Waals surface area contributed by atoms with Gasteiger partial charge in [0.1, 0.15) is 11.2 Å². The summed E-state index contributed by atoms with van der Waals surface area (Å²) < 4.78 is 14.9. The van der Waals surface area contributed by atoms with Gasteiger partial charge in [-0.15, -0.1) is 0 Å². The highest BCUT2D eigenvalue weighted by Crippen LogP contribution is 2.33. The molecule has 210 valence electrons. The van der Waals surface area contributed by atoms with Crippen LogP contribution in [0, 0.1) is 6.92 Å². The Morgan fingerprint density at radius 1 is 0.952 bits per heavy atom. The fourth-order valence-corrected chi connectivity index (χ4v) is 5.11. The van der Waals surface area contributed by atoms with E-state index in [9.17, 15) is 14.4 Å². The van der Waals surface area contributed by atoms with Crippen molar-refractivity contribution < 1.29 is 18.7 Å². The zero-order chi connectivity index (χ0) is 29.4. The van der Waals surface area contributed by atoms with E-state index in [1.807, 2.05) is 78.9 Å². The predicted octanol–water partition coefficient (Wildman–Crippen LogP) is 6.02. The van der Waals surface area contributed by atoms with Gasteiger partial charge in [-0.05, 0) is 55.1 Å². The van der Waals surface area contributed by atoms with E-state index in [1.54, 1.807) is 37.7 Å². The molecule has 42 heavy (non-hydrogen) atoms. The van der Waals surface area contributed by atoms with Gasteiger partial charge in [0.05, 0.1) is 16.9 Å². The van der Waals surface area contributed by atoms with E-state index in [4.69, 9.17) is 9.15 Å². The first-order chi connectivity index (χ1) is 20.4. The van der Waals surface area contributed by atoms with Gasteiger partial charge in [-0.25, -0.2) is 14.5 Å². The Bertz CT molecular complexity index is 1980. The molecule has 0 bridgehead atoms. The van der Waals surface area contributed by atoms with Crippen LogP contribution in [0.4, 0.5) is 5.69 Å². The van der Waals surface area contributed by atoms with Crippen LogP contribution in [-0.4, -0.2) is 32.3 Å². The van der Waals surface area contributed by atoms with E-state index >= 15 is 0 Å². The molecular weight excluding hydrogens is 532 g/mol. The number of hydrogen-bond donors (Lipinski definition) is 1. The van der Waals surface area contributed by atoms with Crippen LogP contribution < -0.4 is 10.9 Å². The van der Waals surface area contributed by atoms with Crippen molar-refractivity contribution in [2.45, 2.75) is 26.4 Å². The number of nitrogens with zero attached hydrogens (tertiary/aromatic N) is 3. The third-order valence-electron chi connectivity index (χ3n) is 7.36. The molecule has 6 aromatic rings. The van der Waals surface area contributed by atoms with Crippen molar-refractivity contribution in [3.8, 4) is 17.1 Å².